The van der Waals surface area contributed by atoms with E-state index in [1.165, 1.54) is 25.9 Å². The quantitative estimate of drug-likeness (QED) is 0.247. The molecule has 7 nitrogen and oxygen atoms in total. The van der Waals surface area contributed by atoms with Crippen LogP contribution in [0.25, 0.3) is 5.82 Å². The monoisotopic (exact) mass is 511 g/mol. The Morgan fingerprint density at radius 1 is 1.24 bits per heavy atom. The fraction of sp³-hybridized carbons (Fsp3) is 0.571. The maximum absolute atomic E-state index is 4.72. The summed E-state index contributed by atoms with van der Waals surface area (Å²) in [5, 5.41) is 11.0. The SMILES string of the molecule is CCNC(=NCc1ccnc(-n2cccn2)c1)NCCCN1CCC(C)CC1.I. The number of piperidine rings is 1. The van der Waals surface area contributed by atoms with Crippen molar-refractivity contribution in [2.24, 2.45) is 10.9 Å². The number of halogens is 1. The van der Waals surface area contributed by atoms with Crippen LogP contribution >= 0.6 is 24.0 Å². The lowest BCUT2D eigenvalue weighted by Crippen LogP contribution is -2.39. The second-order valence-corrected chi connectivity index (χ2v) is 7.47. The number of pyridine rings is 1. The molecular formula is C21H34IN7. The molecule has 0 atom stereocenters. The van der Waals surface area contributed by atoms with Gasteiger partial charge in [-0.2, -0.15) is 5.10 Å². The van der Waals surface area contributed by atoms with Crippen molar-refractivity contribution >= 4 is 29.9 Å². The number of hydrogen-bond donors (Lipinski definition) is 2. The summed E-state index contributed by atoms with van der Waals surface area (Å²) in [5.41, 5.74) is 1.11. The summed E-state index contributed by atoms with van der Waals surface area (Å²) in [6.07, 6.45) is 9.27. The Morgan fingerprint density at radius 2 is 2.07 bits per heavy atom. The average molecular weight is 511 g/mol. The van der Waals surface area contributed by atoms with E-state index in [2.05, 4.69) is 39.5 Å². The maximum Gasteiger partial charge on any atom is 0.191 e. The molecule has 2 N–H and O–H groups in total. The van der Waals surface area contributed by atoms with Gasteiger partial charge in [0, 0.05) is 31.7 Å². The Kier molecular flexibility index (Phi) is 10.4. The van der Waals surface area contributed by atoms with Gasteiger partial charge in [0.25, 0.3) is 0 Å². The molecule has 0 spiro atoms. The van der Waals surface area contributed by atoms with Gasteiger partial charge in [0.05, 0.1) is 6.54 Å². The van der Waals surface area contributed by atoms with E-state index < -0.39 is 0 Å². The summed E-state index contributed by atoms with van der Waals surface area (Å²) < 4.78 is 1.76. The number of guanidine groups is 1. The number of nitrogens with zero attached hydrogens (tertiary/aromatic N) is 5. The number of likely N-dealkylation sites (tertiary alicyclic amines) is 1. The maximum atomic E-state index is 4.72. The van der Waals surface area contributed by atoms with Gasteiger partial charge in [-0.15, -0.1) is 24.0 Å². The molecule has 8 heteroatoms. The fourth-order valence-corrected chi connectivity index (χ4v) is 3.40. The van der Waals surface area contributed by atoms with E-state index in [-0.39, 0.29) is 24.0 Å². The normalized spacial score (nSPS) is 15.7. The highest BCUT2D eigenvalue weighted by atomic mass is 127. The zero-order valence-electron chi connectivity index (χ0n) is 17.5. The summed E-state index contributed by atoms with van der Waals surface area (Å²) in [6, 6.07) is 5.92. The fourth-order valence-electron chi connectivity index (χ4n) is 3.40. The second kappa shape index (κ2) is 12.8. The van der Waals surface area contributed by atoms with Gasteiger partial charge in [-0.1, -0.05) is 6.92 Å². The van der Waals surface area contributed by atoms with Crippen molar-refractivity contribution in [3.63, 3.8) is 0 Å². The molecule has 3 heterocycles. The zero-order chi connectivity index (χ0) is 19.6. The molecule has 1 saturated heterocycles. The predicted octanol–water partition coefficient (Wildman–Crippen LogP) is 3.06. The van der Waals surface area contributed by atoms with Gasteiger partial charge in [-0.25, -0.2) is 14.7 Å². The van der Waals surface area contributed by atoms with E-state index in [0.717, 1.165) is 49.3 Å². The van der Waals surface area contributed by atoms with Gasteiger partial charge in [-0.3, -0.25) is 0 Å². The number of aliphatic imine (C=N–C) groups is 1. The molecule has 0 unspecified atom stereocenters. The molecule has 3 rings (SSSR count). The number of hydrogen-bond acceptors (Lipinski definition) is 4. The lowest BCUT2D eigenvalue weighted by atomic mass is 9.99. The summed E-state index contributed by atoms with van der Waals surface area (Å²) in [6.45, 7) is 10.5. The van der Waals surface area contributed by atoms with Gasteiger partial charge in [0.2, 0.25) is 0 Å². The first-order chi connectivity index (χ1) is 13.7. The van der Waals surface area contributed by atoms with Crippen LogP contribution in [0.4, 0.5) is 0 Å². The standard InChI is InChI=1S/C21H33N7.HI/c1-3-22-21(24-9-4-12-27-14-7-18(2)8-15-27)25-17-19-6-11-23-20(16-19)28-13-5-10-26-28;/h5-6,10-11,13,16,18H,3-4,7-9,12,14-15,17H2,1-2H3,(H2,22,24,25);1H. The van der Waals surface area contributed by atoms with E-state index in [9.17, 15) is 0 Å². The van der Waals surface area contributed by atoms with Crippen LogP contribution in [-0.2, 0) is 6.54 Å². The topological polar surface area (TPSA) is 70.4 Å². The minimum Gasteiger partial charge on any atom is -0.357 e. The molecule has 160 valence electrons. The Balaban J connectivity index is 0.00000300. The largest absolute Gasteiger partial charge is 0.357 e. The number of aromatic nitrogens is 3. The molecule has 0 aliphatic carbocycles. The highest BCUT2D eigenvalue weighted by Crippen LogP contribution is 2.15. The first-order valence-electron chi connectivity index (χ1n) is 10.4. The summed E-state index contributed by atoms with van der Waals surface area (Å²) in [7, 11) is 0. The molecular weight excluding hydrogens is 477 g/mol. The Bertz CT molecular complexity index is 724. The molecule has 0 amide bonds. The number of rotatable bonds is 8. The van der Waals surface area contributed by atoms with E-state index in [0.29, 0.717) is 6.54 Å². The van der Waals surface area contributed by atoms with E-state index in [4.69, 9.17) is 4.99 Å². The van der Waals surface area contributed by atoms with Gasteiger partial charge < -0.3 is 15.5 Å². The minimum atomic E-state index is 0. The van der Waals surface area contributed by atoms with Gasteiger partial charge in [0.1, 0.15) is 0 Å². The molecule has 0 bridgehead atoms. The van der Waals surface area contributed by atoms with E-state index in [1.54, 1.807) is 10.9 Å². The van der Waals surface area contributed by atoms with Gasteiger partial charge in [-0.05, 0) is 75.5 Å². The van der Waals surface area contributed by atoms with Crippen molar-refractivity contribution in [2.75, 3.05) is 32.7 Å². The smallest absolute Gasteiger partial charge is 0.191 e. The van der Waals surface area contributed by atoms with Crippen LogP contribution in [0.15, 0.2) is 41.8 Å². The lowest BCUT2D eigenvalue weighted by Gasteiger charge is -2.30. The van der Waals surface area contributed by atoms with Crippen molar-refractivity contribution in [3.05, 3.63) is 42.4 Å². The first kappa shape index (κ1) is 23.6. The van der Waals surface area contributed by atoms with Crippen molar-refractivity contribution in [2.45, 2.75) is 39.7 Å². The predicted molar refractivity (Wildman–Crippen MR) is 129 cm³/mol. The van der Waals surface area contributed by atoms with Gasteiger partial charge >= 0.3 is 0 Å². The van der Waals surface area contributed by atoms with Gasteiger partial charge in [0.15, 0.2) is 11.8 Å². The molecule has 0 saturated carbocycles. The lowest BCUT2D eigenvalue weighted by molar-refractivity contribution is 0.191. The van der Waals surface area contributed by atoms with E-state index in [1.807, 2.05) is 30.6 Å². The van der Waals surface area contributed by atoms with Crippen molar-refractivity contribution in [3.8, 4) is 5.82 Å². The minimum absolute atomic E-state index is 0. The zero-order valence-corrected chi connectivity index (χ0v) is 19.9. The second-order valence-electron chi connectivity index (χ2n) is 7.47. The third kappa shape index (κ3) is 7.93. The Morgan fingerprint density at radius 3 is 2.79 bits per heavy atom. The van der Waals surface area contributed by atoms with Crippen molar-refractivity contribution < 1.29 is 0 Å². The van der Waals surface area contributed by atoms with Crippen LogP contribution in [0.5, 0.6) is 0 Å². The van der Waals surface area contributed by atoms with Crippen LogP contribution in [0.3, 0.4) is 0 Å². The van der Waals surface area contributed by atoms with Crippen LogP contribution in [0, 0.1) is 5.92 Å². The summed E-state index contributed by atoms with van der Waals surface area (Å²) in [5.74, 6) is 2.57. The molecule has 0 radical (unpaired) electrons. The first-order valence-corrected chi connectivity index (χ1v) is 10.4. The average Bonchev–Trinajstić information content (AvgIpc) is 3.26. The Labute approximate surface area is 191 Å². The van der Waals surface area contributed by atoms with Crippen LogP contribution in [0.1, 0.15) is 38.7 Å². The van der Waals surface area contributed by atoms with Crippen LogP contribution in [0.2, 0.25) is 0 Å². The third-order valence-electron chi connectivity index (χ3n) is 5.13. The summed E-state index contributed by atoms with van der Waals surface area (Å²) >= 11 is 0. The van der Waals surface area contributed by atoms with Crippen molar-refractivity contribution in [1.82, 2.24) is 30.3 Å². The third-order valence-corrected chi connectivity index (χ3v) is 5.13. The molecule has 2 aromatic rings. The van der Waals surface area contributed by atoms with E-state index >= 15 is 0 Å². The molecule has 1 aliphatic rings. The number of nitrogens with one attached hydrogen (secondary N) is 2. The van der Waals surface area contributed by atoms with Crippen molar-refractivity contribution in [1.29, 1.82) is 0 Å². The highest BCUT2D eigenvalue weighted by Gasteiger charge is 2.14. The molecule has 2 aromatic heterocycles. The van der Waals surface area contributed by atoms with Crippen LogP contribution < -0.4 is 10.6 Å². The molecule has 1 aliphatic heterocycles. The Hall–Kier alpha value is -1.68. The highest BCUT2D eigenvalue weighted by molar-refractivity contribution is 14.0. The molecule has 0 aromatic carbocycles. The molecule has 29 heavy (non-hydrogen) atoms. The van der Waals surface area contributed by atoms with Crippen LogP contribution in [-0.4, -0.2) is 58.3 Å². The summed E-state index contributed by atoms with van der Waals surface area (Å²) in [4.78, 5) is 11.7. The molecule has 1 fully saturated rings.